The highest BCUT2D eigenvalue weighted by atomic mass is 16.1. The first-order chi connectivity index (χ1) is 4.79. The summed E-state index contributed by atoms with van der Waals surface area (Å²) < 4.78 is 0. The van der Waals surface area contributed by atoms with Crippen LogP contribution in [0.25, 0.3) is 0 Å². The van der Waals surface area contributed by atoms with E-state index >= 15 is 0 Å². The molecule has 2 fully saturated rings. The lowest BCUT2D eigenvalue weighted by molar-refractivity contribution is -0.129. The van der Waals surface area contributed by atoms with Crippen molar-refractivity contribution in [1.82, 2.24) is 4.90 Å². The lowest BCUT2D eigenvalue weighted by atomic mass is 9.89. The van der Waals surface area contributed by atoms with Crippen molar-refractivity contribution in [2.75, 3.05) is 13.1 Å². The number of nitrogens with two attached hydrogens (primary N) is 1. The van der Waals surface area contributed by atoms with Crippen molar-refractivity contribution < 1.29 is 4.79 Å². The number of primary amides is 1. The summed E-state index contributed by atoms with van der Waals surface area (Å²) in [5.41, 5.74) is 5.19. The maximum absolute atomic E-state index is 10.7. The van der Waals surface area contributed by atoms with Gasteiger partial charge < -0.3 is 5.73 Å². The molecule has 2 aliphatic heterocycles. The lowest BCUT2D eigenvalue weighted by Crippen LogP contribution is -2.57. The van der Waals surface area contributed by atoms with E-state index in [0.29, 0.717) is 6.04 Å². The molecule has 2 N–H and O–H groups in total. The van der Waals surface area contributed by atoms with Gasteiger partial charge in [0.15, 0.2) is 0 Å². The third-order valence-electron chi connectivity index (χ3n) is 2.68. The molecule has 3 nitrogen and oxygen atoms in total. The van der Waals surface area contributed by atoms with Gasteiger partial charge in [-0.25, -0.2) is 0 Å². The van der Waals surface area contributed by atoms with E-state index in [1.54, 1.807) is 0 Å². The summed E-state index contributed by atoms with van der Waals surface area (Å²) in [6.45, 7) is 2.09. The van der Waals surface area contributed by atoms with Crippen molar-refractivity contribution in [2.24, 2.45) is 11.7 Å². The van der Waals surface area contributed by atoms with Crippen LogP contribution in [0.3, 0.4) is 0 Å². The smallest absolute Gasteiger partial charge is 0.223 e. The monoisotopic (exact) mass is 140 g/mol. The highest BCUT2D eigenvalue weighted by Gasteiger charge is 2.44. The molecule has 2 heterocycles. The quantitative estimate of drug-likeness (QED) is 0.537. The largest absolute Gasteiger partial charge is 0.369 e. The third kappa shape index (κ3) is 0.669. The van der Waals surface area contributed by atoms with Crippen LogP contribution in [0, 0.1) is 5.92 Å². The van der Waals surface area contributed by atoms with Crippen LogP contribution in [0.15, 0.2) is 0 Å². The minimum Gasteiger partial charge on any atom is -0.369 e. The van der Waals surface area contributed by atoms with E-state index in [0.717, 1.165) is 6.54 Å². The Hall–Kier alpha value is -0.570. The molecule has 0 radical (unpaired) electrons. The molecule has 2 atom stereocenters. The topological polar surface area (TPSA) is 46.3 Å². The highest BCUT2D eigenvalue weighted by Crippen LogP contribution is 2.33. The van der Waals surface area contributed by atoms with Crippen LogP contribution in [-0.2, 0) is 4.79 Å². The van der Waals surface area contributed by atoms with Crippen molar-refractivity contribution in [3.8, 4) is 0 Å². The highest BCUT2D eigenvalue weighted by molar-refractivity contribution is 5.78. The first kappa shape index (κ1) is 6.16. The SMILES string of the molecule is NC(=O)C1CN2CCC[C@@H]12. The van der Waals surface area contributed by atoms with Crippen LogP contribution in [-0.4, -0.2) is 29.9 Å². The fourth-order valence-corrected chi connectivity index (χ4v) is 2.05. The van der Waals surface area contributed by atoms with Crippen molar-refractivity contribution >= 4 is 5.91 Å². The van der Waals surface area contributed by atoms with Crippen LogP contribution >= 0.6 is 0 Å². The van der Waals surface area contributed by atoms with Gasteiger partial charge in [0.2, 0.25) is 5.91 Å². The molecule has 2 aliphatic rings. The standard InChI is InChI=1S/C7H12N2O/c8-7(10)5-4-9-3-1-2-6(5)9/h5-6H,1-4H2,(H2,8,10)/t5?,6-/m0/s1. The Balaban J connectivity index is 2.00. The second-order valence-corrected chi connectivity index (χ2v) is 3.21. The minimum atomic E-state index is -0.108. The Kier molecular flexibility index (Phi) is 1.20. The molecule has 0 aromatic rings. The number of carbonyl (C=O) groups excluding carboxylic acids is 1. The maximum Gasteiger partial charge on any atom is 0.223 e. The summed E-state index contributed by atoms with van der Waals surface area (Å²) in [6, 6.07) is 0.512. The van der Waals surface area contributed by atoms with E-state index in [2.05, 4.69) is 4.90 Å². The number of hydrogen-bond donors (Lipinski definition) is 1. The zero-order chi connectivity index (χ0) is 7.14. The number of amides is 1. The molecule has 1 amide bonds. The van der Waals surface area contributed by atoms with E-state index < -0.39 is 0 Å². The van der Waals surface area contributed by atoms with Gasteiger partial charge in [0.05, 0.1) is 5.92 Å². The maximum atomic E-state index is 10.7. The zero-order valence-corrected chi connectivity index (χ0v) is 5.92. The van der Waals surface area contributed by atoms with Gasteiger partial charge in [-0.15, -0.1) is 0 Å². The fourth-order valence-electron chi connectivity index (χ4n) is 2.05. The molecule has 10 heavy (non-hydrogen) atoms. The summed E-state index contributed by atoms with van der Waals surface area (Å²) in [6.07, 6.45) is 2.42. The Bertz CT molecular complexity index is 169. The number of carbonyl (C=O) groups is 1. The first-order valence-electron chi connectivity index (χ1n) is 3.82. The number of rotatable bonds is 1. The number of fused-ring (bicyclic) bond motifs is 1. The van der Waals surface area contributed by atoms with E-state index in [4.69, 9.17) is 5.73 Å². The number of nitrogens with zero attached hydrogens (tertiary/aromatic N) is 1. The Morgan fingerprint density at radius 1 is 1.60 bits per heavy atom. The van der Waals surface area contributed by atoms with Crippen LogP contribution in [0.5, 0.6) is 0 Å². The first-order valence-corrected chi connectivity index (χ1v) is 3.82. The lowest BCUT2D eigenvalue weighted by Gasteiger charge is -2.41. The molecule has 0 aliphatic carbocycles. The Morgan fingerprint density at radius 3 is 3.00 bits per heavy atom. The van der Waals surface area contributed by atoms with Gasteiger partial charge in [-0.3, -0.25) is 9.69 Å². The van der Waals surface area contributed by atoms with Crippen molar-refractivity contribution in [3.05, 3.63) is 0 Å². The molecule has 2 saturated heterocycles. The molecule has 0 spiro atoms. The van der Waals surface area contributed by atoms with Crippen molar-refractivity contribution in [2.45, 2.75) is 18.9 Å². The molecule has 3 heteroatoms. The van der Waals surface area contributed by atoms with Crippen LogP contribution < -0.4 is 5.73 Å². The van der Waals surface area contributed by atoms with Crippen molar-refractivity contribution in [3.63, 3.8) is 0 Å². The normalized spacial score (nSPS) is 38.8. The summed E-state index contributed by atoms with van der Waals surface area (Å²) in [7, 11) is 0. The third-order valence-corrected chi connectivity index (χ3v) is 2.68. The zero-order valence-electron chi connectivity index (χ0n) is 5.92. The summed E-state index contributed by atoms with van der Waals surface area (Å²) >= 11 is 0. The van der Waals surface area contributed by atoms with E-state index in [1.165, 1.54) is 19.4 Å². The van der Waals surface area contributed by atoms with Crippen LogP contribution in [0.1, 0.15) is 12.8 Å². The van der Waals surface area contributed by atoms with Gasteiger partial charge in [0.25, 0.3) is 0 Å². The Morgan fingerprint density at radius 2 is 2.40 bits per heavy atom. The number of hydrogen-bond acceptors (Lipinski definition) is 2. The molecule has 1 unspecified atom stereocenters. The molecule has 2 rings (SSSR count). The molecular weight excluding hydrogens is 128 g/mol. The van der Waals surface area contributed by atoms with Gasteiger partial charge in [-0.05, 0) is 19.4 Å². The molecule has 56 valence electrons. The van der Waals surface area contributed by atoms with Gasteiger partial charge >= 0.3 is 0 Å². The average Bonchev–Trinajstić information content (AvgIpc) is 2.11. The molecule has 0 saturated carbocycles. The van der Waals surface area contributed by atoms with Crippen molar-refractivity contribution in [1.29, 1.82) is 0 Å². The van der Waals surface area contributed by atoms with Gasteiger partial charge in [-0.2, -0.15) is 0 Å². The van der Waals surface area contributed by atoms with E-state index in [-0.39, 0.29) is 11.8 Å². The van der Waals surface area contributed by atoms with Gasteiger partial charge in [0.1, 0.15) is 0 Å². The van der Waals surface area contributed by atoms with E-state index in [9.17, 15) is 4.79 Å². The van der Waals surface area contributed by atoms with Crippen LogP contribution in [0.4, 0.5) is 0 Å². The second kappa shape index (κ2) is 1.95. The predicted octanol–water partition coefficient (Wildman–Crippen LogP) is -0.434. The van der Waals surface area contributed by atoms with Gasteiger partial charge in [-0.1, -0.05) is 0 Å². The predicted molar refractivity (Wildman–Crippen MR) is 37.3 cm³/mol. The molecule has 0 bridgehead atoms. The fraction of sp³-hybridized carbons (Fsp3) is 0.857. The minimum absolute atomic E-state index is 0.108. The Labute approximate surface area is 60.2 Å². The average molecular weight is 140 g/mol. The molecule has 0 aromatic heterocycles. The molecular formula is C7H12N2O. The second-order valence-electron chi connectivity index (χ2n) is 3.21. The molecule has 0 aromatic carbocycles. The summed E-state index contributed by atoms with van der Waals surface area (Å²) in [4.78, 5) is 13.1. The summed E-state index contributed by atoms with van der Waals surface area (Å²) in [5.74, 6) is 0.0608. The summed E-state index contributed by atoms with van der Waals surface area (Å²) in [5, 5.41) is 0. The van der Waals surface area contributed by atoms with E-state index in [1.807, 2.05) is 0 Å². The van der Waals surface area contributed by atoms with Crippen LogP contribution in [0.2, 0.25) is 0 Å². The van der Waals surface area contributed by atoms with Gasteiger partial charge in [0, 0.05) is 12.6 Å².